The lowest BCUT2D eigenvalue weighted by molar-refractivity contribution is 0.582. The fraction of sp³-hybridized carbons (Fsp3) is 0.200. The van der Waals surface area contributed by atoms with E-state index in [0.29, 0.717) is 0 Å². The Labute approximate surface area is 156 Å². The Kier molecular flexibility index (Phi) is 3.99. The zero-order chi connectivity index (χ0) is 18.1. The summed E-state index contributed by atoms with van der Waals surface area (Å²) in [6, 6.07) is 12.0. The number of hydrogen-bond donors (Lipinski definition) is 1. The highest BCUT2D eigenvalue weighted by Gasteiger charge is 2.19. The molecule has 134 valence electrons. The lowest BCUT2D eigenvalue weighted by atomic mass is 10.1. The summed E-state index contributed by atoms with van der Waals surface area (Å²) in [7, 11) is 0. The summed E-state index contributed by atoms with van der Waals surface area (Å²) in [5, 5.41) is 8.32. The summed E-state index contributed by atoms with van der Waals surface area (Å²) in [6.07, 6.45) is 7.17. The predicted octanol–water partition coefficient (Wildman–Crippen LogP) is 2.26. The SMILES string of the molecule is c1cc(-c2nc3ccc(N4CCNCC4)nn3c2-c2ccncc2)ccn1. The quantitative estimate of drug-likeness (QED) is 0.606. The van der Waals surface area contributed by atoms with Crippen LogP contribution in [-0.4, -0.2) is 50.7 Å². The molecule has 4 aromatic heterocycles. The van der Waals surface area contributed by atoms with E-state index in [0.717, 1.165) is 60.2 Å². The second-order valence-corrected chi connectivity index (χ2v) is 6.48. The van der Waals surface area contributed by atoms with Gasteiger partial charge in [0.15, 0.2) is 5.65 Å². The molecule has 7 heteroatoms. The van der Waals surface area contributed by atoms with Gasteiger partial charge in [-0.05, 0) is 36.4 Å². The van der Waals surface area contributed by atoms with E-state index in [-0.39, 0.29) is 0 Å². The molecule has 4 aromatic rings. The zero-order valence-corrected chi connectivity index (χ0v) is 14.8. The monoisotopic (exact) mass is 357 g/mol. The number of aromatic nitrogens is 5. The molecule has 0 radical (unpaired) electrons. The van der Waals surface area contributed by atoms with Gasteiger partial charge in [0.1, 0.15) is 11.5 Å². The first-order valence-corrected chi connectivity index (χ1v) is 9.06. The van der Waals surface area contributed by atoms with Gasteiger partial charge in [0, 0.05) is 62.1 Å². The third-order valence-electron chi connectivity index (χ3n) is 4.81. The average Bonchev–Trinajstić information content (AvgIpc) is 3.14. The van der Waals surface area contributed by atoms with Crippen LogP contribution < -0.4 is 10.2 Å². The van der Waals surface area contributed by atoms with Crippen molar-refractivity contribution in [2.24, 2.45) is 0 Å². The molecule has 0 saturated carbocycles. The number of anilines is 1. The highest BCUT2D eigenvalue weighted by molar-refractivity contribution is 5.81. The maximum atomic E-state index is 4.94. The van der Waals surface area contributed by atoms with Crippen molar-refractivity contribution in [1.29, 1.82) is 0 Å². The minimum absolute atomic E-state index is 0.826. The second-order valence-electron chi connectivity index (χ2n) is 6.48. The number of nitrogens with zero attached hydrogens (tertiary/aromatic N) is 6. The van der Waals surface area contributed by atoms with Gasteiger partial charge in [0.2, 0.25) is 0 Å². The molecule has 5 heterocycles. The summed E-state index contributed by atoms with van der Waals surface area (Å²) in [5.41, 5.74) is 4.75. The predicted molar refractivity (Wildman–Crippen MR) is 105 cm³/mol. The van der Waals surface area contributed by atoms with Crippen molar-refractivity contribution in [3.63, 3.8) is 0 Å². The van der Waals surface area contributed by atoms with Crippen LogP contribution >= 0.6 is 0 Å². The Morgan fingerprint density at radius 1 is 0.778 bits per heavy atom. The van der Waals surface area contributed by atoms with Gasteiger partial charge >= 0.3 is 0 Å². The lowest BCUT2D eigenvalue weighted by Crippen LogP contribution is -2.44. The van der Waals surface area contributed by atoms with Crippen LogP contribution in [0.1, 0.15) is 0 Å². The zero-order valence-electron chi connectivity index (χ0n) is 14.8. The van der Waals surface area contributed by atoms with E-state index in [9.17, 15) is 0 Å². The average molecular weight is 357 g/mol. The molecule has 0 spiro atoms. The number of imidazole rings is 1. The minimum atomic E-state index is 0.826. The van der Waals surface area contributed by atoms with Gasteiger partial charge in [-0.1, -0.05) is 0 Å². The first kappa shape index (κ1) is 15.9. The molecular weight excluding hydrogens is 338 g/mol. The standard InChI is InChI=1S/C20H19N7/c1-2-18(26-13-11-23-12-14-26)25-27-17(1)24-19(15-3-7-21-8-4-15)20(27)16-5-9-22-10-6-16/h1-10,23H,11-14H2. The van der Waals surface area contributed by atoms with Crippen LogP contribution in [0.5, 0.6) is 0 Å². The smallest absolute Gasteiger partial charge is 0.155 e. The Balaban J connectivity index is 1.72. The normalized spacial score (nSPS) is 14.6. The molecule has 1 aliphatic rings. The van der Waals surface area contributed by atoms with E-state index in [1.807, 2.05) is 34.8 Å². The molecule has 0 unspecified atom stereocenters. The van der Waals surface area contributed by atoms with E-state index < -0.39 is 0 Å². The number of nitrogens with one attached hydrogen (secondary N) is 1. The van der Waals surface area contributed by atoms with Crippen molar-refractivity contribution in [2.75, 3.05) is 31.1 Å². The molecule has 1 fully saturated rings. The molecule has 5 rings (SSSR count). The van der Waals surface area contributed by atoms with Crippen molar-refractivity contribution in [2.45, 2.75) is 0 Å². The molecule has 27 heavy (non-hydrogen) atoms. The van der Waals surface area contributed by atoms with Gasteiger partial charge in [-0.25, -0.2) is 9.50 Å². The molecule has 0 bridgehead atoms. The molecule has 0 aliphatic carbocycles. The van der Waals surface area contributed by atoms with Crippen molar-refractivity contribution in [1.82, 2.24) is 29.9 Å². The van der Waals surface area contributed by atoms with Crippen LogP contribution in [0.4, 0.5) is 5.82 Å². The summed E-state index contributed by atoms with van der Waals surface area (Å²) in [6.45, 7) is 3.86. The molecular formula is C20H19N7. The van der Waals surface area contributed by atoms with Gasteiger partial charge in [0.25, 0.3) is 0 Å². The molecule has 0 atom stereocenters. The number of pyridine rings is 2. The topological polar surface area (TPSA) is 71.2 Å². The third kappa shape index (κ3) is 2.92. The summed E-state index contributed by atoms with van der Waals surface area (Å²) in [4.78, 5) is 15.5. The molecule has 0 aromatic carbocycles. The van der Waals surface area contributed by atoms with Gasteiger partial charge in [0.05, 0.1) is 5.69 Å². The van der Waals surface area contributed by atoms with Crippen molar-refractivity contribution in [3.05, 3.63) is 61.2 Å². The summed E-state index contributed by atoms with van der Waals surface area (Å²) < 4.78 is 1.95. The fourth-order valence-electron chi connectivity index (χ4n) is 3.47. The van der Waals surface area contributed by atoms with Crippen LogP contribution in [0.3, 0.4) is 0 Å². The first-order chi connectivity index (χ1) is 13.4. The second kappa shape index (κ2) is 6.77. The van der Waals surface area contributed by atoms with E-state index in [1.165, 1.54) is 0 Å². The first-order valence-electron chi connectivity index (χ1n) is 9.06. The van der Waals surface area contributed by atoms with Crippen molar-refractivity contribution < 1.29 is 0 Å². The van der Waals surface area contributed by atoms with Crippen LogP contribution in [0.15, 0.2) is 61.2 Å². The molecule has 1 saturated heterocycles. The van der Waals surface area contributed by atoms with Gasteiger partial charge < -0.3 is 10.2 Å². The van der Waals surface area contributed by atoms with Crippen LogP contribution in [-0.2, 0) is 0 Å². The van der Waals surface area contributed by atoms with Gasteiger partial charge in [-0.3, -0.25) is 9.97 Å². The third-order valence-corrected chi connectivity index (χ3v) is 4.81. The Morgan fingerprint density at radius 2 is 1.44 bits per heavy atom. The van der Waals surface area contributed by atoms with Gasteiger partial charge in [-0.2, -0.15) is 0 Å². The van der Waals surface area contributed by atoms with Crippen LogP contribution in [0.25, 0.3) is 28.2 Å². The highest BCUT2D eigenvalue weighted by Crippen LogP contribution is 2.32. The van der Waals surface area contributed by atoms with Crippen LogP contribution in [0.2, 0.25) is 0 Å². The van der Waals surface area contributed by atoms with Gasteiger partial charge in [-0.15, -0.1) is 5.10 Å². The number of rotatable bonds is 3. The van der Waals surface area contributed by atoms with E-state index in [1.54, 1.807) is 24.8 Å². The van der Waals surface area contributed by atoms with E-state index in [2.05, 4.69) is 26.3 Å². The lowest BCUT2D eigenvalue weighted by Gasteiger charge is -2.28. The minimum Gasteiger partial charge on any atom is -0.353 e. The summed E-state index contributed by atoms with van der Waals surface area (Å²) in [5.74, 6) is 0.970. The molecule has 1 N–H and O–H groups in total. The Hall–Kier alpha value is -3.32. The largest absolute Gasteiger partial charge is 0.353 e. The molecule has 7 nitrogen and oxygen atoms in total. The van der Waals surface area contributed by atoms with Crippen molar-refractivity contribution >= 4 is 11.5 Å². The number of fused-ring (bicyclic) bond motifs is 1. The number of hydrogen-bond acceptors (Lipinski definition) is 6. The van der Waals surface area contributed by atoms with Crippen LogP contribution in [0, 0.1) is 0 Å². The molecule has 1 aliphatic heterocycles. The summed E-state index contributed by atoms with van der Waals surface area (Å²) >= 11 is 0. The van der Waals surface area contributed by atoms with E-state index >= 15 is 0 Å². The maximum absolute atomic E-state index is 4.94. The highest BCUT2D eigenvalue weighted by atomic mass is 15.3. The van der Waals surface area contributed by atoms with Crippen molar-refractivity contribution in [3.8, 4) is 22.5 Å². The Bertz CT molecular complexity index is 1050. The fourth-order valence-corrected chi connectivity index (χ4v) is 3.47. The molecule has 0 amide bonds. The van der Waals surface area contributed by atoms with E-state index in [4.69, 9.17) is 10.1 Å². The number of piperazine rings is 1. The maximum Gasteiger partial charge on any atom is 0.155 e. The Morgan fingerprint density at radius 3 is 2.15 bits per heavy atom.